The molecule has 0 unspecified atom stereocenters. The van der Waals surface area contributed by atoms with Gasteiger partial charge in [-0.15, -0.1) is 0 Å². The van der Waals surface area contributed by atoms with Gasteiger partial charge >= 0.3 is 0 Å². The molecule has 0 aliphatic heterocycles. The summed E-state index contributed by atoms with van der Waals surface area (Å²) >= 11 is 0. The molecule has 0 saturated heterocycles. The fourth-order valence-corrected chi connectivity index (χ4v) is 1.67. The number of rotatable bonds is 4. The average Bonchev–Trinajstić information content (AvgIpc) is 2.40. The van der Waals surface area contributed by atoms with Gasteiger partial charge in [-0.3, -0.25) is 9.78 Å². The number of benzene rings is 1. The lowest BCUT2D eigenvalue weighted by Crippen LogP contribution is -1.95. The summed E-state index contributed by atoms with van der Waals surface area (Å²) in [4.78, 5) is 14.8. The van der Waals surface area contributed by atoms with Gasteiger partial charge in [0.2, 0.25) is 0 Å². The topological polar surface area (TPSA) is 39.2 Å². The van der Waals surface area contributed by atoms with Gasteiger partial charge in [-0.25, -0.2) is 0 Å². The molecular weight excluding hydrogens is 214 g/mol. The molecule has 2 aromatic rings. The highest BCUT2D eigenvalue weighted by Gasteiger charge is 2.02. The Balaban J connectivity index is 2.22. The second-order valence-corrected chi connectivity index (χ2v) is 3.72. The number of aromatic nitrogens is 1. The zero-order valence-electron chi connectivity index (χ0n) is 9.59. The van der Waals surface area contributed by atoms with Crippen LogP contribution in [0, 0.1) is 0 Å². The number of carbonyl (C=O) groups excluding carboxylic acids is 1. The van der Waals surface area contributed by atoms with Gasteiger partial charge in [0.05, 0.1) is 7.11 Å². The molecule has 0 radical (unpaired) electrons. The summed E-state index contributed by atoms with van der Waals surface area (Å²) in [6.45, 7) is 0. The molecule has 0 N–H and O–H groups in total. The van der Waals surface area contributed by atoms with Crippen LogP contribution in [0.4, 0.5) is 0 Å². The van der Waals surface area contributed by atoms with Gasteiger partial charge in [0, 0.05) is 18.0 Å². The van der Waals surface area contributed by atoms with Crippen LogP contribution >= 0.6 is 0 Å². The summed E-state index contributed by atoms with van der Waals surface area (Å²) in [5, 5.41) is 0. The summed E-state index contributed by atoms with van der Waals surface area (Å²) in [7, 11) is 1.64. The molecule has 17 heavy (non-hydrogen) atoms. The number of hydrogen-bond donors (Lipinski definition) is 0. The third kappa shape index (κ3) is 2.69. The van der Waals surface area contributed by atoms with Crippen molar-refractivity contribution in [1.29, 1.82) is 0 Å². The van der Waals surface area contributed by atoms with Crippen LogP contribution in [0.2, 0.25) is 0 Å². The fraction of sp³-hybridized carbons (Fsp3) is 0.143. The number of aldehydes is 1. The predicted molar refractivity (Wildman–Crippen MR) is 65.4 cm³/mol. The van der Waals surface area contributed by atoms with Crippen LogP contribution in [-0.4, -0.2) is 18.4 Å². The molecule has 0 atom stereocenters. The van der Waals surface area contributed by atoms with E-state index in [0.29, 0.717) is 5.56 Å². The van der Waals surface area contributed by atoms with E-state index >= 15 is 0 Å². The Hall–Kier alpha value is -2.16. The van der Waals surface area contributed by atoms with E-state index in [1.807, 2.05) is 30.3 Å². The van der Waals surface area contributed by atoms with Gasteiger partial charge < -0.3 is 4.74 Å². The molecule has 1 aromatic heterocycles. The van der Waals surface area contributed by atoms with E-state index in [2.05, 4.69) is 4.98 Å². The molecule has 1 aromatic carbocycles. The van der Waals surface area contributed by atoms with Crippen LogP contribution in [0.5, 0.6) is 5.75 Å². The van der Waals surface area contributed by atoms with Crippen LogP contribution in [-0.2, 0) is 6.42 Å². The van der Waals surface area contributed by atoms with Gasteiger partial charge in [0.15, 0.2) is 6.29 Å². The highest BCUT2D eigenvalue weighted by molar-refractivity contribution is 5.76. The first-order valence-corrected chi connectivity index (χ1v) is 5.34. The summed E-state index contributed by atoms with van der Waals surface area (Å²) in [6, 6.07) is 9.68. The van der Waals surface area contributed by atoms with Crippen LogP contribution in [0.25, 0.3) is 0 Å². The number of nitrogens with zero attached hydrogens (tertiary/aromatic N) is 1. The quantitative estimate of drug-likeness (QED) is 0.753. The third-order valence-electron chi connectivity index (χ3n) is 2.63. The van der Waals surface area contributed by atoms with E-state index < -0.39 is 0 Å². The Bertz CT molecular complexity index is 506. The fourth-order valence-electron chi connectivity index (χ4n) is 1.67. The SMILES string of the molecule is COc1ccc(Cc2ccncc2C=O)cc1. The van der Waals surface area contributed by atoms with Crippen molar-refractivity contribution in [2.24, 2.45) is 0 Å². The summed E-state index contributed by atoms with van der Waals surface area (Å²) in [5.41, 5.74) is 2.77. The van der Waals surface area contributed by atoms with Crippen molar-refractivity contribution in [3.05, 3.63) is 59.4 Å². The van der Waals surface area contributed by atoms with Gasteiger partial charge in [-0.05, 0) is 35.7 Å². The van der Waals surface area contributed by atoms with Crippen molar-refractivity contribution in [2.75, 3.05) is 7.11 Å². The first-order chi connectivity index (χ1) is 8.33. The molecule has 3 nitrogen and oxygen atoms in total. The monoisotopic (exact) mass is 227 g/mol. The molecule has 86 valence electrons. The normalized spacial score (nSPS) is 9.94. The Kier molecular flexibility index (Phi) is 3.50. The standard InChI is InChI=1S/C14H13NO2/c1-17-14-4-2-11(3-5-14)8-12-6-7-15-9-13(12)10-16/h2-7,9-10H,8H2,1H3. The van der Waals surface area contributed by atoms with Crippen molar-refractivity contribution in [3.8, 4) is 5.75 Å². The molecule has 3 heteroatoms. The highest BCUT2D eigenvalue weighted by atomic mass is 16.5. The molecule has 0 bridgehead atoms. The number of ether oxygens (including phenoxy) is 1. The molecule has 2 rings (SSSR count). The number of pyridine rings is 1. The molecule has 0 spiro atoms. The van der Waals surface area contributed by atoms with Gasteiger partial charge in [0.1, 0.15) is 5.75 Å². The van der Waals surface area contributed by atoms with E-state index in [0.717, 1.165) is 29.6 Å². The maximum Gasteiger partial charge on any atom is 0.151 e. The van der Waals surface area contributed by atoms with Crippen LogP contribution in [0.1, 0.15) is 21.5 Å². The number of hydrogen-bond acceptors (Lipinski definition) is 3. The van der Waals surface area contributed by atoms with Crippen molar-refractivity contribution in [3.63, 3.8) is 0 Å². The Morgan fingerprint density at radius 1 is 1.24 bits per heavy atom. The molecule has 0 aliphatic carbocycles. The van der Waals surface area contributed by atoms with E-state index in [9.17, 15) is 4.79 Å². The summed E-state index contributed by atoms with van der Waals surface area (Å²) in [6.07, 6.45) is 4.85. The van der Waals surface area contributed by atoms with E-state index in [4.69, 9.17) is 4.74 Å². The lowest BCUT2D eigenvalue weighted by Gasteiger charge is -2.05. The minimum Gasteiger partial charge on any atom is -0.497 e. The third-order valence-corrected chi connectivity index (χ3v) is 2.63. The van der Waals surface area contributed by atoms with E-state index in [1.54, 1.807) is 19.5 Å². The second kappa shape index (κ2) is 5.25. The molecule has 0 aliphatic rings. The maximum absolute atomic E-state index is 10.9. The van der Waals surface area contributed by atoms with Crippen LogP contribution < -0.4 is 4.74 Å². The summed E-state index contributed by atoms with van der Waals surface area (Å²) < 4.78 is 5.10. The van der Waals surface area contributed by atoms with E-state index in [-0.39, 0.29) is 0 Å². The average molecular weight is 227 g/mol. The first-order valence-electron chi connectivity index (χ1n) is 5.34. The number of carbonyl (C=O) groups is 1. The van der Waals surface area contributed by atoms with Gasteiger partial charge in [-0.1, -0.05) is 12.1 Å². The zero-order valence-corrected chi connectivity index (χ0v) is 9.59. The van der Waals surface area contributed by atoms with Crippen molar-refractivity contribution >= 4 is 6.29 Å². The lowest BCUT2D eigenvalue weighted by molar-refractivity contribution is 0.112. The largest absolute Gasteiger partial charge is 0.497 e. The minimum atomic E-state index is 0.642. The van der Waals surface area contributed by atoms with Crippen LogP contribution in [0.3, 0.4) is 0 Å². The van der Waals surface area contributed by atoms with Gasteiger partial charge in [-0.2, -0.15) is 0 Å². The Morgan fingerprint density at radius 2 is 2.00 bits per heavy atom. The smallest absolute Gasteiger partial charge is 0.151 e. The molecular formula is C14H13NO2. The molecule has 0 amide bonds. The molecule has 1 heterocycles. The van der Waals surface area contributed by atoms with Crippen molar-refractivity contribution < 1.29 is 9.53 Å². The van der Waals surface area contributed by atoms with Crippen LogP contribution in [0.15, 0.2) is 42.7 Å². The Morgan fingerprint density at radius 3 is 2.65 bits per heavy atom. The van der Waals surface area contributed by atoms with E-state index in [1.165, 1.54) is 0 Å². The maximum atomic E-state index is 10.9. The first kappa shape index (κ1) is 11.3. The Labute approximate surface area is 100 Å². The molecule has 0 saturated carbocycles. The highest BCUT2D eigenvalue weighted by Crippen LogP contribution is 2.16. The van der Waals surface area contributed by atoms with Crippen molar-refractivity contribution in [1.82, 2.24) is 4.98 Å². The lowest BCUT2D eigenvalue weighted by atomic mass is 10.0. The second-order valence-electron chi connectivity index (χ2n) is 3.72. The number of methoxy groups -OCH3 is 1. The minimum absolute atomic E-state index is 0.642. The summed E-state index contributed by atoms with van der Waals surface area (Å²) in [5.74, 6) is 0.832. The zero-order chi connectivity index (χ0) is 12.1. The van der Waals surface area contributed by atoms with Crippen molar-refractivity contribution in [2.45, 2.75) is 6.42 Å². The predicted octanol–water partition coefficient (Wildman–Crippen LogP) is 2.49. The van der Waals surface area contributed by atoms with Gasteiger partial charge in [0.25, 0.3) is 0 Å². The molecule has 0 fully saturated rings.